The average molecular weight is 182 g/mol. The van der Waals surface area contributed by atoms with Gasteiger partial charge in [-0.2, -0.15) is 0 Å². The van der Waals surface area contributed by atoms with Crippen LogP contribution < -0.4 is 5.73 Å². The number of hydrogen-bond acceptors (Lipinski definition) is 1. The van der Waals surface area contributed by atoms with E-state index in [0.717, 1.165) is 27.4 Å². The van der Waals surface area contributed by atoms with Crippen molar-refractivity contribution in [3.8, 4) is 0 Å². The number of nitrogens with two attached hydrogens (primary N) is 1. The van der Waals surface area contributed by atoms with Crippen LogP contribution >= 0.6 is 11.6 Å². The third kappa shape index (κ3) is 1.32. The first-order valence-electron chi connectivity index (χ1n) is 3.75. The number of rotatable bonds is 1. The number of hydrogen-bond donors (Lipinski definition) is 1. The molecule has 0 unspecified atom stereocenters. The van der Waals surface area contributed by atoms with E-state index < -0.39 is 0 Å². The second kappa shape index (κ2) is 3.20. The average Bonchev–Trinajstić information content (AvgIpc) is 2.02. The minimum atomic E-state index is 0.747. The van der Waals surface area contributed by atoms with Crippen LogP contribution in [0.15, 0.2) is 12.6 Å². The fraction of sp³-hybridized carbons (Fsp3) is 0.200. The maximum absolute atomic E-state index is 6.04. The molecule has 0 aliphatic carbocycles. The molecule has 0 aliphatic rings. The number of nitrogen functional groups attached to an aromatic ring is 1. The van der Waals surface area contributed by atoms with Crippen LogP contribution in [0.2, 0.25) is 5.02 Å². The lowest BCUT2D eigenvalue weighted by Crippen LogP contribution is -1.94. The zero-order chi connectivity index (χ0) is 9.30. The van der Waals surface area contributed by atoms with E-state index in [2.05, 4.69) is 6.58 Å². The number of halogens is 1. The molecule has 0 amide bonds. The van der Waals surface area contributed by atoms with Gasteiger partial charge in [0, 0.05) is 5.69 Å². The molecule has 1 rings (SSSR count). The molecule has 0 aromatic heterocycles. The third-order valence-electron chi connectivity index (χ3n) is 2.00. The molecule has 0 spiro atoms. The minimum absolute atomic E-state index is 0.747. The van der Waals surface area contributed by atoms with Crippen LogP contribution in [-0.4, -0.2) is 0 Å². The van der Waals surface area contributed by atoms with Gasteiger partial charge in [0.1, 0.15) is 0 Å². The smallest absolute Gasteiger partial charge is 0.0511 e. The van der Waals surface area contributed by atoms with Crippen molar-refractivity contribution < 1.29 is 0 Å². The van der Waals surface area contributed by atoms with Gasteiger partial charge in [-0.25, -0.2) is 0 Å². The highest BCUT2D eigenvalue weighted by Crippen LogP contribution is 2.28. The standard InChI is InChI=1S/C10H12ClN/c1-4-8-7(3)9(12)5-6(2)10(8)11/h4-5H,1,12H2,2-3H3. The summed E-state index contributed by atoms with van der Waals surface area (Å²) in [6.07, 6.45) is 1.74. The fourth-order valence-corrected chi connectivity index (χ4v) is 1.45. The zero-order valence-electron chi connectivity index (χ0n) is 7.32. The quantitative estimate of drug-likeness (QED) is 0.662. The van der Waals surface area contributed by atoms with Crippen molar-refractivity contribution in [1.29, 1.82) is 0 Å². The Balaban J connectivity index is 3.52. The fourth-order valence-electron chi connectivity index (χ4n) is 1.18. The van der Waals surface area contributed by atoms with E-state index in [1.165, 1.54) is 0 Å². The summed E-state index contributed by atoms with van der Waals surface area (Å²) in [6.45, 7) is 7.57. The minimum Gasteiger partial charge on any atom is -0.398 e. The molecule has 0 atom stereocenters. The predicted octanol–water partition coefficient (Wildman–Crippen LogP) is 3.18. The molecule has 0 fully saturated rings. The maximum Gasteiger partial charge on any atom is 0.0511 e. The van der Waals surface area contributed by atoms with Gasteiger partial charge < -0.3 is 5.73 Å². The Hall–Kier alpha value is -0.950. The second-order valence-electron chi connectivity index (χ2n) is 2.84. The summed E-state index contributed by atoms with van der Waals surface area (Å²) in [7, 11) is 0. The van der Waals surface area contributed by atoms with Crippen LogP contribution in [0.4, 0.5) is 5.69 Å². The number of aryl methyl sites for hydroxylation is 1. The molecule has 1 nitrogen and oxygen atoms in total. The molecule has 12 heavy (non-hydrogen) atoms. The molecule has 0 aliphatic heterocycles. The summed E-state index contributed by atoms with van der Waals surface area (Å²) in [4.78, 5) is 0. The summed E-state index contributed by atoms with van der Waals surface area (Å²) in [5, 5.41) is 0.747. The van der Waals surface area contributed by atoms with Crippen molar-refractivity contribution in [2.24, 2.45) is 0 Å². The SMILES string of the molecule is C=Cc1c(C)c(N)cc(C)c1Cl. The third-order valence-corrected chi connectivity index (χ3v) is 2.50. The van der Waals surface area contributed by atoms with Gasteiger partial charge in [-0.05, 0) is 36.6 Å². The first-order valence-corrected chi connectivity index (χ1v) is 4.13. The Morgan fingerprint density at radius 1 is 1.50 bits per heavy atom. The van der Waals surface area contributed by atoms with Crippen LogP contribution in [0.5, 0.6) is 0 Å². The predicted molar refractivity (Wildman–Crippen MR) is 55.4 cm³/mol. The van der Waals surface area contributed by atoms with Gasteiger partial charge in [0.15, 0.2) is 0 Å². The van der Waals surface area contributed by atoms with Crippen molar-refractivity contribution in [2.45, 2.75) is 13.8 Å². The van der Waals surface area contributed by atoms with Crippen LogP contribution in [-0.2, 0) is 0 Å². The van der Waals surface area contributed by atoms with Crippen LogP contribution in [0, 0.1) is 13.8 Å². The topological polar surface area (TPSA) is 26.0 Å². The summed E-state index contributed by atoms with van der Waals surface area (Å²) < 4.78 is 0. The molecule has 1 aromatic carbocycles. The highest BCUT2D eigenvalue weighted by Gasteiger charge is 2.06. The molecule has 0 saturated heterocycles. The lowest BCUT2D eigenvalue weighted by Gasteiger charge is -2.09. The molecular weight excluding hydrogens is 170 g/mol. The van der Waals surface area contributed by atoms with Crippen molar-refractivity contribution in [1.82, 2.24) is 0 Å². The first-order chi connectivity index (χ1) is 5.57. The van der Waals surface area contributed by atoms with Crippen molar-refractivity contribution in [3.63, 3.8) is 0 Å². The van der Waals surface area contributed by atoms with E-state index in [-0.39, 0.29) is 0 Å². The number of benzene rings is 1. The number of anilines is 1. The first kappa shape index (κ1) is 9.14. The monoisotopic (exact) mass is 181 g/mol. The van der Waals surface area contributed by atoms with Gasteiger partial charge in [-0.15, -0.1) is 0 Å². The van der Waals surface area contributed by atoms with E-state index in [0.29, 0.717) is 0 Å². The molecule has 64 valence electrons. The molecule has 0 heterocycles. The van der Waals surface area contributed by atoms with Crippen molar-refractivity contribution in [2.75, 3.05) is 5.73 Å². The summed E-state index contributed by atoms with van der Waals surface area (Å²) >= 11 is 6.04. The Morgan fingerprint density at radius 2 is 2.08 bits per heavy atom. The van der Waals surface area contributed by atoms with Gasteiger partial charge in [0.25, 0.3) is 0 Å². The van der Waals surface area contributed by atoms with Gasteiger partial charge >= 0.3 is 0 Å². The second-order valence-corrected chi connectivity index (χ2v) is 3.22. The van der Waals surface area contributed by atoms with Crippen molar-refractivity contribution in [3.05, 3.63) is 34.4 Å². The summed E-state index contributed by atoms with van der Waals surface area (Å²) in [5.41, 5.74) is 9.46. The highest BCUT2D eigenvalue weighted by molar-refractivity contribution is 6.33. The van der Waals surface area contributed by atoms with E-state index in [4.69, 9.17) is 17.3 Å². The van der Waals surface area contributed by atoms with E-state index >= 15 is 0 Å². The van der Waals surface area contributed by atoms with Crippen LogP contribution in [0.25, 0.3) is 6.08 Å². The van der Waals surface area contributed by atoms with Gasteiger partial charge in [0.2, 0.25) is 0 Å². The summed E-state index contributed by atoms with van der Waals surface area (Å²) in [5.74, 6) is 0. The Kier molecular flexibility index (Phi) is 2.43. The largest absolute Gasteiger partial charge is 0.398 e. The van der Waals surface area contributed by atoms with Gasteiger partial charge in [0.05, 0.1) is 5.02 Å². The maximum atomic E-state index is 6.04. The van der Waals surface area contributed by atoms with E-state index in [9.17, 15) is 0 Å². The molecule has 0 radical (unpaired) electrons. The Morgan fingerprint density at radius 3 is 2.58 bits per heavy atom. The van der Waals surface area contributed by atoms with Crippen molar-refractivity contribution >= 4 is 23.4 Å². The molecule has 1 aromatic rings. The normalized spacial score (nSPS) is 9.92. The Labute approximate surface area is 77.8 Å². The molecule has 0 bridgehead atoms. The summed E-state index contributed by atoms with van der Waals surface area (Å²) in [6, 6.07) is 1.88. The van der Waals surface area contributed by atoms with Gasteiger partial charge in [-0.3, -0.25) is 0 Å². The lowest BCUT2D eigenvalue weighted by molar-refractivity contribution is 1.38. The van der Waals surface area contributed by atoms with E-state index in [1.807, 2.05) is 19.9 Å². The van der Waals surface area contributed by atoms with Gasteiger partial charge in [-0.1, -0.05) is 24.3 Å². The lowest BCUT2D eigenvalue weighted by atomic mass is 10.0. The van der Waals surface area contributed by atoms with Crippen LogP contribution in [0.3, 0.4) is 0 Å². The molecular formula is C10H12ClN. The molecule has 2 heteroatoms. The highest BCUT2D eigenvalue weighted by atomic mass is 35.5. The van der Waals surface area contributed by atoms with Crippen LogP contribution in [0.1, 0.15) is 16.7 Å². The Bertz CT molecular complexity index is 303. The molecule has 2 N–H and O–H groups in total. The molecule has 0 saturated carbocycles. The van der Waals surface area contributed by atoms with E-state index in [1.54, 1.807) is 6.08 Å². The zero-order valence-corrected chi connectivity index (χ0v) is 8.07.